The van der Waals surface area contributed by atoms with Gasteiger partial charge in [-0.05, 0) is 63.8 Å². The molecule has 3 heterocycles. The number of imidazole rings is 1. The topological polar surface area (TPSA) is 79.7 Å². The number of amides is 1. The van der Waals surface area contributed by atoms with Crippen molar-refractivity contribution in [2.45, 2.75) is 58.5 Å². The van der Waals surface area contributed by atoms with Gasteiger partial charge >= 0.3 is 5.97 Å². The molecule has 2 atom stereocenters. The zero-order chi connectivity index (χ0) is 30.7. The molecular weight excluding hydrogens is 552 g/mol. The molecule has 2 aliphatic heterocycles. The molecule has 2 saturated heterocycles. The normalized spacial score (nSPS) is 19.9. The molecule has 3 aromatic rings. The van der Waals surface area contributed by atoms with Crippen LogP contribution in [0.3, 0.4) is 0 Å². The number of rotatable bonds is 8. The lowest BCUT2D eigenvalue weighted by Gasteiger charge is -2.34. The number of likely N-dealkylation sites (tertiary alicyclic amines) is 1. The third kappa shape index (κ3) is 6.90. The van der Waals surface area contributed by atoms with Crippen molar-refractivity contribution in [1.82, 2.24) is 14.5 Å². The quantitative estimate of drug-likeness (QED) is 0.351. The molecule has 0 radical (unpaired) electrons. The van der Waals surface area contributed by atoms with Crippen molar-refractivity contribution >= 4 is 23.5 Å². The van der Waals surface area contributed by atoms with Gasteiger partial charge in [0.1, 0.15) is 11.6 Å². The van der Waals surface area contributed by atoms with Crippen LogP contribution in [0, 0.1) is 23.5 Å². The van der Waals surface area contributed by atoms with Gasteiger partial charge in [0.05, 0.1) is 25.0 Å². The molecule has 2 aromatic carbocycles. The predicted octanol–water partition coefficient (Wildman–Crippen LogP) is 5.44. The summed E-state index contributed by atoms with van der Waals surface area (Å²) < 4.78 is 35.7. The number of anilines is 2. The van der Waals surface area contributed by atoms with E-state index in [1.807, 2.05) is 29.8 Å². The van der Waals surface area contributed by atoms with Crippen molar-refractivity contribution in [1.29, 1.82) is 0 Å². The first-order valence-electron chi connectivity index (χ1n) is 15.1. The third-order valence-corrected chi connectivity index (χ3v) is 8.71. The van der Waals surface area contributed by atoms with Gasteiger partial charge in [-0.2, -0.15) is 0 Å². The molecule has 0 saturated carbocycles. The molecule has 1 aromatic heterocycles. The Morgan fingerprint density at radius 2 is 1.81 bits per heavy atom. The van der Waals surface area contributed by atoms with Crippen molar-refractivity contribution in [3.05, 3.63) is 77.6 Å². The molecule has 5 rings (SSSR count). The van der Waals surface area contributed by atoms with Gasteiger partial charge in [0, 0.05) is 61.8 Å². The fraction of sp³-hybridized carbons (Fsp3) is 0.485. The van der Waals surface area contributed by atoms with Gasteiger partial charge in [-0.1, -0.05) is 24.3 Å². The molecule has 0 aliphatic carbocycles. The standard InChI is InChI=1S/C33H41F2N5O3/c1-5-43-31(42)22-12-15-38(16-13-22)29-9-7-6-8-23(29)19-39-17-14-36-32(39)37-30(41)27-21-40(33(2,3)4)20-26(27)25-11-10-24(34)18-28(25)35/h6-11,14,17-18,22,26-27H,5,12-13,15-16,19-21H2,1-4H3,(H,36,37,41)/t26-,27?/m0/s1. The first kappa shape index (κ1) is 30.7. The minimum absolute atomic E-state index is 0.0733. The summed E-state index contributed by atoms with van der Waals surface area (Å²) in [5, 5.41) is 3.01. The van der Waals surface area contributed by atoms with Gasteiger partial charge in [0.2, 0.25) is 11.9 Å². The van der Waals surface area contributed by atoms with Gasteiger partial charge in [0.15, 0.2) is 0 Å². The zero-order valence-corrected chi connectivity index (χ0v) is 25.4. The fourth-order valence-electron chi connectivity index (χ4n) is 6.25. The maximum atomic E-state index is 14.9. The smallest absolute Gasteiger partial charge is 0.309 e. The number of piperidine rings is 1. The number of esters is 1. The number of carbonyl (C=O) groups is 2. The second-order valence-corrected chi connectivity index (χ2v) is 12.5. The Kier molecular flexibility index (Phi) is 9.15. The maximum Gasteiger partial charge on any atom is 0.309 e. The summed E-state index contributed by atoms with van der Waals surface area (Å²) in [6, 6.07) is 11.7. The van der Waals surface area contributed by atoms with Crippen LogP contribution in [-0.2, 0) is 20.9 Å². The summed E-state index contributed by atoms with van der Waals surface area (Å²) in [6.45, 7) is 11.3. The number of carbonyl (C=O) groups excluding carboxylic acids is 2. The lowest BCUT2D eigenvalue weighted by atomic mass is 9.88. The largest absolute Gasteiger partial charge is 0.466 e. The molecule has 2 fully saturated rings. The minimum atomic E-state index is -0.640. The Labute approximate surface area is 252 Å². The van der Waals surface area contributed by atoms with E-state index in [0.717, 1.165) is 43.2 Å². The average molecular weight is 594 g/mol. The molecule has 1 N–H and O–H groups in total. The number of ether oxygens (including phenoxy) is 1. The van der Waals surface area contributed by atoms with Crippen LogP contribution in [0.25, 0.3) is 0 Å². The van der Waals surface area contributed by atoms with E-state index in [9.17, 15) is 18.4 Å². The highest BCUT2D eigenvalue weighted by Crippen LogP contribution is 2.38. The molecule has 0 bridgehead atoms. The Hall–Kier alpha value is -3.79. The van der Waals surface area contributed by atoms with Gasteiger partial charge in [-0.15, -0.1) is 0 Å². The van der Waals surface area contributed by atoms with Gasteiger partial charge in [0.25, 0.3) is 0 Å². The van der Waals surface area contributed by atoms with E-state index in [1.54, 1.807) is 6.20 Å². The SMILES string of the molecule is CCOC(=O)C1CCN(c2ccccc2Cn2ccnc2NC(=O)C2CN(C(C)(C)C)C[C@H]2c2ccc(F)cc2F)CC1. The van der Waals surface area contributed by atoms with Crippen molar-refractivity contribution in [2.24, 2.45) is 11.8 Å². The van der Waals surface area contributed by atoms with Crippen LogP contribution < -0.4 is 10.2 Å². The minimum Gasteiger partial charge on any atom is -0.466 e. The van der Waals surface area contributed by atoms with Crippen molar-refractivity contribution in [2.75, 3.05) is 43.0 Å². The second kappa shape index (κ2) is 12.8. The van der Waals surface area contributed by atoms with E-state index in [4.69, 9.17) is 4.74 Å². The van der Waals surface area contributed by atoms with Gasteiger partial charge < -0.3 is 14.2 Å². The van der Waals surface area contributed by atoms with Crippen molar-refractivity contribution < 1.29 is 23.1 Å². The molecule has 10 heteroatoms. The number of nitrogens with one attached hydrogen (secondary N) is 1. The maximum absolute atomic E-state index is 14.9. The Bertz CT molecular complexity index is 1440. The number of hydrogen-bond donors (Lipinski definition) is 1. The van der Waals surface area contributed by atoms with Crippen LogP contribution >= 0.6 is 0 Å². The van der Waals surface area contributed by atoms with Crippen LogP contribution in [0.4, 0.5) is 20.4 Å². The fourth-order valence-corrected chi connectivity index (χ4v) is 6.25. The van der Waals surface area contributed by atoms with Crippen molar-refractivity contribution in [3.8, 4) is 0 Å². The summed E-state index contributed by atoms with van der Waals surface area (Å²) in [7, 11) is 0. The Morgan fingerprint density at radius 3 is 2.51 bits per heavy atom. The van der Waals surface area contributed by atoms with Crippen LogP contribution in [0.1, 0.15) is 57.6 Å². The summed E-state index contributed by atoms with van der Waals surface area (Å²) in [5.74, 6) is -2.28. The number of nitrogens with zero attached hydrogens (tertiary/aromatic N) is 4. The number of para-hydroxylation sites is 1. The number of hydrogen-bond acceptors (Lipinski definition) is 6. The van der Waals surface area contributed by atoms with E-state index in [1.165, 1.54) is 12.1 Å². The predicted molar refractivity (Wildman–Crippen MR) is 162 cm³/mol. The van der Waals surface area contributed by atoms with Crippen LogP contribution in [0.15, 0.2) is 54.9 Å². The number of aromatic nitrogens is 2. The van der Waals surface area contributed by atoms with Crippen LogP contribution in [0.2, 0.25) is 0 Å². The zero-order valence-electron chi connectivity index (χ0n) is 25.4. The monoisotopic (exact) mass is 593 g/mol. The van der Waals surface area contributed by atoms with Crippen LogP contribution in [-0.4, -0.2) is 64.7 Å². The summed E-state index contributed by atoms with van der Waals surface area (Å²) in [6.07, 6.45) is 4.95. The molecule has 1 amide bonds. The highest BCUT2D eigenvalue weighted by atomic mass is 19.1. The molecule has 1 unspecified atom stereocenters. The van der Waals surface area contributed by atoms with Gasteiger partial charge in [-0.25, -0.2) is 13.8 Å². The highest BCUT2D eigenvalue weighted by Gasteiger charge is 2.43. The second-order valence-electron chi connectivity index (χ2n) is 12.5. The molecule has 2 aliphatic rings. The summed E-state index contributed by atoms with van der Waals surface area (Å²) in [5.41, 5.74) is 2.27. The Balaban J connectivity index is 1.31. The van der Waals surface area contributed by atoms with E-state index < -0.39 is 23.5 Å². The number of benzene rings is 2. The molecule has 43 heavy (non-hydrogen) atoms. The van der Waals surface area contributed by atoms with E-state index >= 15 is 0 Å². The highest BCUT2D eigenvalue weighted by molar-refractivity contribution is 5.92. The third-order valence-electron chi connectivity index (χ3n) is 8.71. The molecular formula is C33H41F2N5O3. The lowest BCUT2D eigenvalue weighted by Crippen LogP contribution is -2.40. The summed E-state index contributed by atoms with van der Waals surface area (Å²) >= 11 is 0. The van der Waals surface area contributed by atoms with E-state index in [-0.39, 0.29) is 23.3 Å². The molecule has 230 valence electrons. The van der Waals surface area contributed by atoms with Crippen molar-refractivity contribution in [3.63, 3.8) is 0 Å². The average Bonchev–Trinajstić information content (AvgIpc) is 3.61. The van der Waals surface area contributed by atoms with E-state index in [2.05, 4.69) is 53.0 Å². The van der Waals surface area contributed by atoms with Gasteiger partial charge in [-0.3, -0.25) is 19.8 Å². The first-order chi connectivity index (χ1) is 20.5. The first-order valence-corrected chi connectivity index (χ1v) is 15.1. The van der Waals surface area contributed by atoms with Crippen LogP contribution in [0.5, 0.6) is 0 Å². The summed E-state index contributed by atoms with van der Waals surface area (Å²) in [4.78, 5) is 34.9. The van der Waals surface area contributed by atoms with E-state index in [0.29, 0.717) is 37.8 Å². The Morgan fingerprint density at radius 1 is 1.07 bits per heavy atom. The molecule has 0 spiro atoms. The lowest BCUT2D eigenvalue weighted by molar-refractivity contribution is -0.148. The molecule has 8 nitrogen and oxygen atoms in total. The number of halogens is 2.